The molecule has 1 nitrogen and oxygen atoms in total. The average Bonchev–Trinajstić information content (AvgIpc) is 3.11. The molecule has 0 saturated carbocycles. The molecule has 0 heterocycles. The molecule has 4 aromatic rings. The van der Waals surface area contributed by atoms with E-state index in [1.807, 2.05) is 0 Å². The Morgan fingerprint density at radius 2 is 0.732 bits per heavy atom. The second-order valence-electron chi connectivity index (χ2n) is 13.7. The first-order valence-corrected chi connectivity index (χ1v) is 15.2. The van der Waals surface area contributed by atoms with E-state index < -0.39 is 0 Å². The van der Waals surface area contributed by atoms with Crippen molar-refractivity contribution in [3.8, 4) is 11.1 Å². The summed E-state index contributed by atoms with van der Waals surface area (Å²) >= 11 is 0. The minimum Gasteiger partial charge on any atom is -0.309 e. The van der Waals surface area contributed by atoms with Gasteiger partial charge in [0.1, 0.15) is 0 Å². The van der Waals surface area contributed by atoms with E-state index in [1.165, 1.54) is 112 Å². The van der Waals surface area contributed by atoms with Gasteiger partial charge in [0.05, 0.1) is 17.1 Å². The molecule has 0 bridgehead atoms. The number of rotatable bonds is 3. The third kappa shape index (κ3) is 4.03. The van der Waals surface area contributed by atoms with Gasteiger partial charge in [-0.1, -0.05) is 49.2 Å². The number of hydrogen-bond acceptors (Lipinski definition) is 1. The Labute approximate surface area is 249 Å². The fourth-order valence-electron chi connectivity index (χ4n) is 8.49. The minimum absolute atomic E-state index is 0.0876. The summed E-state index contributed by atoms with van der Waals surface area (Å²) in [6.07, 6.45) is 0. The topological polar surface area (TPSA) is 3.24 Å². The first-order valence-electron chi connectivity index (χ1n) is 15.2. The van der Waals surface area contributed by atoms with E-state index in [4.69, 9.17) is 0 Å². The summed E-state index contributed by atoms with van der Waals surface area (Å²) in [7, 11) is 0. The molecule has 1 aliphatic carbocycles. The zero-order chi connectivity index (χ0) is 30.5. The lowest BCUT2D eigenvalue weighted by Gasteiger charge is -2.37. The lowest BCUT2D eigenvalue weighted by Crippen LogP contribution is -2.23. The zero-order valence-corrected chi connectivity index (χ0v) is 28.3. The molecule has 214 valence electrons. The van der Waals surface area contributed by atoms with Crippen LogP contribution in [0.25, 0.3) is 11.1 Å². The van der Waals surface area contributed by atoms with Crippen LogP contribution in [0.5, 0.6) is 0 Å². The molecule has 41 heavy (non-hydrogen) atoms. The highest BCUT2D eigenvalue weighted by Crippen LogP contribution is 2.58. The molecule has 0 unspecified atom stereocenters. The van der Waals surface area contributed by atoms with Crippen molar-refractivity contribution in [2.75, 3.05) is 4.90 Å². The SMILES string of the molecule is Cc1cc(C)c(N(c2c(C)cc(C)cc2C)c2c(C)c(C)c3c(c2C)C(C)(C)c2c(C)c(C)c(C)c(C)c2-3)c(C)c1. The normalized spacial score (nSPS) is 13.4. The molecule has 1 heteroatoms. The molecule has 0 spiro atoms. The highest BCUT2D eigenvalue weighted by atomic mass is 15.2. The Morgan fingerprint density at radius 3 is 1.15 bits per heavy atom. The smallest absolute Gasteiger partial charge is 0.0526 e. The average molecular weight is 544 g/mol. The third-order valence-corrected chi connectivity index (χ3v) is 10.4. The fraction of sp³-hybridized carbons (Fsp3) is 0.400. The quantitative estimate of drug-likeness (QED) is 0.248. The predicted molar refractivity (Wildman–Crippen MR) is 180 cm³/mol. The van der Waals surface area contributed by atoms with Gasteiger partial charge in [0.25, 0.3) is 0 Å². The van der Waals surface area contributed by atoms with Crippen molar-refractivity contribution in [1.29, 1.82) is 0 Å². The second-order valence-corrected chi connectivity index (χ2v) is 13.7. The Kier molecular flexibility index (Phi) is 6.85. The van der Waals surface area contributed by atoms with Crippen molar-refractivity contribution < 1.29 is 0 Å². The Morgan fingerprint density at radius 1 is 0.390 bits per heavy atom. The van der Waals surface area contributed by atoms with Gasteiger partial charge in [0.2, 0.25) is 0 Å². The van der Waals surface area contributed by atoms with Gasteiger partial charge in [-0.05, 0) is 173 Å². The molecule has 0 saturated heterocycles. The van der Waals surface area contributed by atoms with Gasteiger partial charge in [0.15, 0.2) is 0 Å². The summed E-state index contributed by atoms with van der Waals surface area (Å²) in [6.45, 7) is 34.9. The van der Waals surface area contributed by atoms with Crippen molar-refractivity contribution in [3.63, 3.8) is 0 Å². The maximum Gasteiger partial charge on any atom is 0.0526 e. The van der Waals surface area contributed by atoms with E-state index in [0.29, 0.717) is 0 Å². The maximum atomic E-state index is 2.63. The first-order chi connectivity index (χ1) is 19.0. The van der Waals surface area contributed by atoms with E-state index >= 15 is 0 Å². The van der Waals surface area contributed by atoms with Gasteiger partial charge in [-0.3, -0.25) is 0 Å². The molecule has 0 radical (unpaired) electrons. The predicted octanol–water partition coefficient (Wildman–Crippen LogP) is 11.5. The summed E-state index contributed by atoms with van der Waals surface area (Å²) in [4.78, 5) is 2.63. The molecular weight excluding hydrogens is 494 g/mol. The summed E-state index contributed by atoms with van der Waals surface area (Å²) in [5.74, 6) is 0. The van der Waals surface area contributed by atoms with Crippen molar-refractivity contribution in [1.82, 2.24) is 0 Å². The highest BCUT2D eigenvalue weighted by molar-refractivity contribution is 5.95. The molecule has 4 aromatic carbocycles. The Bertz CT molecular complexity index is 1670. The Balaban J connectivity index is 1.98. The van der Waals surface area contributed by atoms with Crippen LogP contribution in [-0.2, 0) is 5.41 Å². The largest absolute Gasteiger partial charge is 0.309 e. The van der Waals surface area contributed by atoms with Crippen molar-refractivity contribution in [2.24, 2.45) is 0 Å². The molecule has 0 amide bonds. The maximum absolute atomic E-state index is 2.63. The molecule has 0 aliphatic heterocycles. The Hall–Kier alpha value is -3.32. The summed E-state index contributed by atoms with van der Waals surface area (Å²) in [6, 6.07) is 9.38. The highest BCUT2D eigenvalue weighted by Gasteiger charge is 2.43. The van der Waals surface area contributed by atoms with Crippen LogP contribution in [0.2, 0.25) is 0 Å². The van der Waals surface area contributed by atoms with Gasteiger partial charge < -0.3 is 4.90 Å². The monoisotopic (exact) mass is 543 g/mol. The van der Waals surface area contributed by atoms with Crippen LogP contribution in [0.1, 0.15) is 97.3 Å². The number of hydrogen-bond donors (Lipinski definition) is 0. The summed E-state index contributed by atoms with van der Waals surface area (Å²) in [5, 5.41) is 0. The van der Waals surface area contributed by atoms with Crippen LogP contribution in [0.15, 0.2) is 24.3 Å². The minimum atomic E-state index is -0.0876. The van der Waals surface area contributed by atoms with Crippen LogP contribution in [-0.4, -0.2) is 0 Å². The van der Waals surface area contributed by atoms with Gasteiger partial charge in [-0.2, -0.15) is 0 Å². The van der Waals surface area contributed by atoms with Crippen LogP contribution >= 0.6 is 0 Å². The van der Waals surface area contributed by atoms with Gasteiger partial charge in [-0.25, -0.2) is 0 Å². The summed E-state index contributed by atoms with van der Waals surface area (Å²) in [5.41, 5.74) is 27.7. The third-order valence-electron chi connectivity index (χ3n) is 10.4. The molecule has 0 atom stereocenters. The molecular formula is C40H49N. The standard InChI is InChI=1S/C40H49N/c1-20-16-22(3)37(23(4)17-20)41(38-24(5)18-21(2)19-25(38)6)39-31(12)29(10)34-33-28(9)26(7)27(8)30(11)35(33)40(14,15)36(34)32(39)13/h16-19H,1-15H3. The van der Waals surface area contributed by atoms with Crippen LogP contribution in [0.4, 0.5) is 17.1 Å². The van der Waals surface area contributed by atoms with Crippen LogP contribution < -0.4 is 4.90 Å². The number of fused-ring (bicyclic) bond motifs is 3. The lowest BCUT2D eigenvalue weighted by atomic mass is 9.76. The first kappa shape index (κ1) is 29.2. The van der Waals surface area contributed by atoms with Gasteiger partial charge >= 0.3 is 0 Å². The number of nitrogens with zero attached hydrogens (tertiary/aromatic N) is 1. The van der Waals surface area contributed by atoms with Gasteiger partial charge in [0, 0.05) is 5.41 Å². The molecule has 0 N–H and O–H groups in total. The fourth-order valence-corrected chi connectivity index (χ4v) is 8.49. The van der Waals surface area contributed by atoms with Crippen molar-refractivity contribution in [2.45, 2.75) is 109 Å². The van der Waals surface area contributed by atoms with Crippen LogP contribution in [0.3, 0.4) is 0 Å². The molecule has 0 fully saturated rings. The van der Waals surface area contributed by atoms with E-state index in [0.717, 1.165) is 0 Å². The molecule has 1 aliphatic rings. The molecule has 0 aromatic heterocycles. The van der Waals surface area contributed by atoms with E-state index in [9.17, 15) is 0 Å². The number of anilines is 3. The van der Waals surface area contributed by atoms with Crippen LogP contribution in [0, 0.1) is 90.0 Å². The van der Waals surface area contributed by atoms with E-state index in [1.54, 1.807) is 0 Å². The number of aryl methyl sites for hydroxylation is 6. The zero-order valence-electron chi connectivity index (χ0n) is 28.3. The molecule has 5 rings (SSSR count). The van der Waals surface area contributed by atoms with E-state index in [2.05, 4.69) is 133 Å². The van der Waals surface area contributed by atoms with Crippen molar-refractivity contribution in [3.05, 3.63) is 108 Å². The lowest BCUT2D eigenvalue weighted by molar-refractivity contribution is 0.649. The van der Waals surface area contributed by atoms with E-state index in [-0.39, 0.29) is 5.41 Å². The number of benzene rings is 4. The van der Waals surface area contributed by atoms with Crippen molar-refractivity contribution >= 4 is 17.1 Å². The summed E-state index contributed by atoms with van der Waals surface area (Å²) < 4.78 is 0. The second kappa shape index (κ2) is 9.62. The van der Waals surface area contributed by atoms with Gasteiger partial charge in [-0.15, -0.1) is 0 Å².